The molecule has 0 aromatic rings. The van der Waals surface area contributed by atoms with Crippen molar-refractivity contribution in [2.75, 3.05) is 24.7 Å². The molecule has 4 atom stereocenters. The number of amides is 2. The minimum Gasteiger partial charge on any atom is -0.477 e. The van der Waals surface area contributed by atoms with Crippen molar-refractivity contribution in [1.82, 2.24) is 9.80 Å². The monoisotopic (exact) mass is 442 g/mol. The lowest BCUT2D eigenvalue weighted by atomic mass is 10.0. The molecule has 13 heteroatoms. The van der Waals surface area contributed by atoms with Crippen molar-refractivity contribution in [3.63, 3.8) is 0 Å². The van der Waals surface area contributed by atoms with Gasteiger partial charge >= 0.3 is 11.9 Å². The van der Waals surface area contributed by atoms with Crippen molar-refractivity contribution in [1.29, 1.82) is 0 Å². The van der Waals surface area contributed by atoms with Gasteiger partial charge in [0.1, 0.15) is 40.8 Å². The summed E-state index contributed by atoms with van der Waals surface area (Å²) in [4.78, 5) is 50.7. The molecule has 2 saturated heterocycles. The highest BCUT2D eigenvalue weighted by molar-refractivity contribution is 8.00. The van der Waals surface area contributed by atoms with Crippen molar-refractivity contribution >= 4 is 47.3 Å². The summed E-state index contributed by atoms with van der Waals surface area (Å²) in [6.45, 7) is -0.794. The predicted molar refractivity (Wildman–Crippen MR) is 102 cm³/mol. The molecule has 29 heavy (non-hydrogen) atoms. The second-order valence-electron chi connectivity index (χ2n) is 6.81. The van der Waals surface area contributed by atoms with E-state index in [2.05, 4.69) is 0 Å². The number of nitrogens with zero attached hydrogens (tertiary/aromatic N) is 2. The maximum Gasteiger partial charge on any atom is 0.355 e. The van der Waals surface area contributed by atoms with Gasteiger partial charge in [0, 0.05) is 17.1 Å². The Morgan fingerprint density at radius 2 is 1.52 bits per heavy atom. The second kappa shape index (κ2) is 7.32. The first-order chi connectivity index (χ1) is 13.8. The summed E-state index contributed by atoms with van der Waals surface area (Å²) in [7, 11) is 0. The fraction of sp³-hybridized carbons (Fsp3) is 0.500. The summed E-state index contributed by atoms with van der Waals surface area (Å²) in [6.07, 6.45) is 0. The van der Waals surface area contributed by atoms with Gasteiger partial charge in [-0.25, -0.2) is 9.59 Å². The van der Waals surface area contributed by atoms with E-state index in [9.17, 15) is 29.4 Å². The molecule has 0 aliphatic carbocycles. The quantitative estimate of drug-likeness (QED) is 0.264. The number of fused-ring (bicyclic) bond motifs is 2. The van der Waals surface area contributed by atoms with Crippen LogP contribution in [-0.2, 0) is 23.9 Å². The first-order valence-electron chi connectivity index (χ1n) is 8.63. The number of carbonyl (C=O) groups excluding carboxylic acids is 3. The van der Waals surface area contributed by atoms with Gasteiger partial charge in [-0.05, 0) is 5.57 Å². The zero-order valence-electron chi connectivity index (χ0n) is 14.9. The van der Waals surface area contributed by atoms with Crippen LogP contribution in [0.1, 0.15) is 0 Å². The molecule has 4 heterocycles. The third-order valence-electron chi connectivity index (χ3n) is 5.14. The number of aliphatic carboxylic acids is 1. The molecule has 0 aromatic carbocycles. The van der Waals surface area contributed by atoms with E-state index < -0.39 is 53.2 Å². The minimum absolute atomic E-state index is 0.0520. The van der Waals surface area contributed by atoms with Crippen molar-refractivity contribution in [2.45, 2.75) is 22.8 Å². The molecule has 0 bridgehead atoms. The molecule has 0 unspecified atom stereocenters. The van der Waals surface area contributed by atoms with Crippen LogP contribution in [0.3, 0.4) is 0 Å². The van der Waals surface area contributed by atoms with Crippen LogP contribution in [0.4, 0.5) is 0 Å². The molecule has 11 nitrogen and oxygen atoms in total. The Labute approximate surface area is 173 Å². The highest BCUT2D eigenvalue weighted by Gasteiger charge is 2.53. The largest absolute Gasteiger partial charge is 0.477 e. The number of hydrogen-bond donors (Lipinski definition) is 4. The number of rotatable bonds is 5. The number of aliphatic hydroxyl groups excluding tert-OH is 1. The number of carbonyl (C=O) groups is 4. The van der Waals surface area contributed by atoms with Gasteiger partial charge < -0.3 is 26.4 Å². The number of carboxylic acids is 1. The van der Waals surface area contributed by atoms with Crippen LogP contribution < -0.4 is 11.5 Å². The molecule has 2 fully saturated rings. The first kappa shape index (κ1) is 20.2. The van der Waals surface area contributed by atoms with E-state index in [1.54, 1.807) is 0 Å². The highest BCUT2D eigenvalue weighted by atomic mass is 32.2. The molecule has 0 radical (unpaired) electrons. The minimum atomic E-state index is -1.31. The Balaban J connectivity index is 1.54. The van der Waals surface area contributed by atoms with E-state index in [4.69, 9.17) is 16.2 Å². The second-order valence-corrected chi connectivity index (χ2v) is 9.02. The SMILES string of the molecule is N[C@@H]1C(=O)N2C(C(=O)O)=C(COC(=O)C3=C(CO)CS[C@@H]4[C@H](N)C(=O)N34)CS[C@H]12. The number of aliphatic hydroxyl groups is 1. The van der Waals surface area contributed by atoms with E-state index in [0.29, 0.717) is 11.3 Å². The van der Waals surface area contributed by atoms with Crippen LogP contribution in [0.25, 0.3) is 0 Å². The van der Waals surface area contributed by atoms with Crippen LogP contribution >= 0.6 is 23.5 Å². The third kappa shape index (κ3) is 2.95. The van der Waals surface area contributed by atoms with Gasteiger partial charge in [0.25, 0.3) is 0 Å². The summed E-state index contributed by atoms with van der Waals surface area (Å²) >= 11 is 2.64. The zero-order chi connectivity index (χ0) is 21.0. The lowest BCUT2D eigenvalue weighted by Crippen LogP contribution is -2.68. The van der Waals surface area contributed by atoms with E-state index in [1.807, 2.05) is 0 Å². The summed E-state index contributed by atoms with van der Waals surface area (Å²) < 4.78 is 5.28. The number of ether oxygens (including phenoxy) is 1. The molecule has 156 valence electrons. The van der Waals surface area contributed by atoms with Crippen molar-refractivity contribution in [2.24, 2.45) is 11.5 Å². The van der Waals surface area contributed by atoms with Crippen molar-refractivity contribution in [3.05, 3.63) is 22.5 Å². The van der Waals surface area contributed by atoms with E-state index in [-0.39, 0.29) is 29.3 Å². The normalized spacial score (nSPS) is 31.1. The Kier molecular flexibility index (Phi) is 5.11. The van der Waals surface area contributed by atoms with Crippen LogP contribution in [0, 0.1) is 0 Å². The van der Waals surface area contributed by atoms with Gasteiger partial charge in [0.2, 0.25) is 11.8 Å². The molecular formula is C16H18N4O7S2. The van der Waals surface area contributed by atoms with Gasteiger partial charge in [-0.2, -0.15) is 0 Å². The Hall–Kier alpha value is -2.06. The molecule has 0 saturated carbocycles. The summed E-state index contributed by atoms with van der Waals surface area (Å²) in [5.74, 6) is -2.55. The number of β-lactam (4-membered cyclic amide) rings is 2. The number of nitrogens with two attached hydrogens (primary N) is 2. The highest BCUT2D eigenvalue weighted by Crippen LogP contribution is 2.41. The molecule has 4 aliphatic heterocycles. The molecule has 0 aromatic heterocycles. The average Bonchev–Trinajstić information content (AvgIpc) is 2.74. The van der Waals surface area contributed by atoms with Crippen LogP contribution in [-0.4, -0.2) is 91.3 Å². The van der Waals surface area contributed by atoms with E-state index in [0.717, 1.165) is 4.90 Å². The van der Waals surface area contributed by atoms with Crippen molar-refractivity contribution < 1.29 is 34.1 Å². The molecule has 0 spiro atoms. The van der Waals surface area contributed by atoms with Crippen molar-refractivity contribution in [3.8, 4) is 0 Å². The molecule has 4 rings (SSSR count). The molecule has 4 aliphatic rings. The number of hydrogen-bond acceptors (Lipinski definition) is 10. The zero-order valence-corrected chi connectivity index (χ0v) is 16.6. The maximum atomic E-state index is 12.7. The molecule has 2 amide bonds. The van der Waals surface area contributed by atoms with Crippen LogP contribution in [0.2, 0.25) is 0 Å². The fourth-order valence-electron chi connectivity index (χ4n) is 3.60. The van der Waals surface area contributed by atoms with Crippen LogP contribution in [0.15, 0.2) is 22.5 Å². The Morgan fingerprint density at radius 1 is 1.00 bits per heavy atom. The van der Waals surface area contributed by atoms with E-state index in [1.165, 1.54) is 28.4 Å². The van der Waals surface area contributed by atoms with Gasteiger partial charge in [0.05, 0.1) is 6.61 Å². The Morgan fingerprint density at radius 3 is 2.03 bits per heavy atom. The maximum absolute atomic E-state index is 12.7. The number of esters is 1. The standard InChI is InChI=1S/C16H18N4O7S2/c17-7-11(22)19-9(15(24)25)6(4-29-13(7)19)2-27-16(26)10-5(1-21)3-28-14-8(18)12(23)20(10)14/h7-8,13-14,21H,1-4,17-18H2,(H,24,25)/t7-,8-,13-,14-/m1/s1. The van der Waals surface area contributed by atoms with Gasteiger partial charge in [0.15, 0.2) is 0 Å². The van der Waals surface area contributed by atoms with Gasteiger partial charge in [-0.15, -0.1) is 23.5 Å². The smallest absolute Gasteiger partial charge is 0.355 e. The topological polar surface area (TPSA) is 176 Å². The third-order valence-corrected chi connectivity index (χ3v) is 7.86. The summed E-state index contributed by atoms with van der Waals surface area (Å²) in [6, 6.07) is -1.48. The summed E-state index contributed by atoms with van der Waals surface area (Å²) in [5.41, 5.74) is 11.8. The van der Waals surface area contributed by atoms with E-state index >= 15 is 0 Å². The number of carboxylic acid groups (broad SMARTS) is 1. The Bertz CT molecular complexity index is 888. The van der Waals surface area contributed by atoms with Gasteiger partial charge in [-0.3, -0.25) is 19.4 Å². The van der Waals surface area contributed by atoms with Crippen LogP contribution in [0.5, 0.6) is 0 Å². The summed E-state index contributed by atoms with van der Waals surface area (Å²) in [5, 5.41) is 18.2. The number of thioether (sulfide) groups is 2. The predicted octanol–water partition coefficient (Wildman–Crippen LogP) is -2.40. The van der Waals surface area contributed by atoms with Gasteiger partial charge in [-0.1, -0.05) is 0 Å². The lowest BCUT2D eigenvalue weighted by Gasteiger charge is -2.48. The fourth-order valence-corrected chi connectivity index (χ4v) is 6.16. The molecule has 6 N–H and O–H groups in total. The lowest BCUT2D eigenvalue weighted by molar-refractivity contribution is -0.150. The molecular weight excluding hydrogens is 424 g/mol. The average molecular weight is 442 g/mol. The first-order valence-corrected chi connectivity index (χ1v) is 10.7.